The van der Waals surface area contributed by atoms with Crippen molar-refractivity contribution in [2.45, 2.75) is 19.4 Å². The SMILES string of the molecule is CC(N)CCNc1ccc(I)cc1[N+](=O)[O-]. The number of hydrogen-bond donors (Lipinski definition) is 2. The maximum Gasteiger partial charge on any atom is 0.293 e. The van der Waals surface area contributed by atoms with Crippen LogP contribution in [0, 0.1) is 13.7 Å². The molecule has 1 aromatic carbocycles. The summed E-state index contributed by atoms with van der Waals surface area (Å²) >= 11 is 2.05. The zero-order chi connectivity index (χ0) is 12.1. The summed E-state index contributed by atoms with van der Waals surface area (Å²) in [6.45, 7) is 2.54. The molecule has 1 rings (SSSR count). The highest BCUT2D eigenvalue weighted by molar-refractivity contribution is 14.1. The first-order valence-electron chi connectivity index (χ1n) is 4.94. The Kier molecular flexibility index (Phi) is 4.94. The summed E-state index contributed by atoms with van der Waals surface area (Å²) in [5.41, 5.74) is 6.26. The summed E-state index contributed by atoms with van der Waals surface area (Å²) in [5, 5.41) is 13.8. The maximum absolute atomic E-state index is 10.8. The van der Waals surface area contributed by atoms with Crippen LogP contribution < -0.4 is 11.1 Å². The van der Waals surface area contributed by atoms with Gasteiger partial charge in [0.1, 0.15) is 5.69 Å². The van der Waals surface area contributed by atoms with E-state index in [1.54, 1.807) is 12.1 Å². The summed E-state index contributed by atoms with van der Waals surface area (Å²) in [4.78, 5) is 10.4. The summed E-state index contributed by atoms with van der Waals surface area (Å²) in [6, 6.07) is 5.20. The Hall–Kier alpha value is -0.890. The normalized spacial score (nSPS) is 12.2. The van der Waals surface area contributed by atoms with Crippen LogP contribution in [0.3, 0.4) is 0 Å². The highest BCUT2D eigenvalue weighted by atomic mass is 127. The van der Waals surface area contributed by atoms with Gasteiger partial charge >= 0.3 is 0 Å². The fourth-order valence-corrected chi connectivity index (χ4v) is 1.71. The Morgan fingerprint density at radius 2 is 2.31 bits per heavy atom. The molecular formula is C10H14IN3O2. The predicted octanol–water partition coefficient (Wildman–Crippen LogP) is 2.35. The van der Waals surface area contributed by atoms with E-state index in [4.69, 9.17) is 5.73 Å². The van der Waals surface area contributed by atoms with Crippen LogP contribution >= 0.6 is 22.6 Å². The van der Waals surface area contributed by atoms with E-state index in [2.05, 4.69) is 27.9 Å². The van der Waals surface area contributed by atoms with Crippen LogP contribution in [0.15, 0.2) is 18.2 Å². The minimum Gasteiger partial charge on any atom is -0.379 e. The molecule has 0 fully saturated rings. The van der Waals surface area contributed by atoms with E-state index in [-0.39, 0.29) is 16.7 Å². The molecule has 0 amide bonds. The smallest absolute Gasteiger partial charge is 0.293 e. The molecule has 6 heteroatoms. The van der Waals surface area contributed by atoms with Crippen molar-refractivity contribution >= 4 is 34.0 Å². The molecule has 0 spiro atoms. The van der Waals surface area contributed by atoms with Crippen molar-refractivity contribution < 1.29 is 4.92 Å². The van der Waals surface area contributed by atoms with Gasteiger partial charge < -0.3 is 11.1 Å². The zero-order valence-electron chi connectivity index (χ0n) is 8.94. The fraction of sp³-hybridized carbons (Fsp3) is 0.400. The van der Waals surface area contributed by atoms with Gasteiger partial charge in [0.05, 0.1) is 4.92 Å². The van der Waals surface area contributed by atoms with Gasteiger partial charge in [-0.25, -0.2) is 0 Å². The lowest BCUT2D eigenvalue weighted by molar-refractivity contribution is -0.384. The molecule has 0 radical (unpaired) electrons. The molecule has 3 N–H and O–H groups in total. The number of nitrogens with one attached hydrogen (secondary N) is 1. The van der Waals surface area contributed by atoms with Gasteiger partial charge in [-0.05, 0) is 48.1 Å². The number of nitrogens with zero attached hydrogens (tertiary/aromatic N) is 1. The van der Waals surface area contributed by atoms with Gasteiger partial charge in [-0.15, -0.1) is 0 Å². The number of nitro benzene ring substituents is 1. The molecule has 0 bridgehead atoms. The van der Waals surface area contributed by atoms with Gasteiger partial charge in [-0.1, -0.05) is 0 Å². The van der Waals surface area contributed by atoms with Crippen LogP contribution in [0.1, 0.15) is 13.3 Å². The molecule has 1 atom stereocenters. The molecule has 88 valence electrons. The monoisotopic (exact) mass is 335 g/mol. The fourth-order valence-electron chi connectivity index (χ4n) is 1.24. The molecule has 16 heavy (non-hydrogen) atoms. The number of benzene rings is 1. The van der Waals surface area contributed by atoms with E-state index in [1.807, 2.05) is 13.0 Å². The van der Waals surface area contributed by atoms with Gasteiger partial charge in [0, 0.05) is 22.2 Å². The minimum absolute atomic E-state index is 0.0930. The third-order valence-corrected chi connectivity index (χ3v) is 2.74. The minimum atomic E-state index is -0.379. The summed E-state index contributed by atoms with van der Waals surface area (Å²) < 4.78 is 0.849. The maximum atomic E-state index is 10.8. The highest BCUT2D eigenvalue weighted by Crippen LogP contribution is 2.26. The van der Waals surface area contributed by atoms with E-state index in [9.17, 15) is 10.1 Å². The van der Waals surface area contributed by atoms with Crippen LogP contribution in [0.25, 0.3) is 0 Å². The molecule has 5 nitrogen and oxygen atoms in total. The first-order chi connectivity index (χ1) is 7.50. The average molecular weight is 335 g/mol. The second-order valence-electron chi connectivity index (χ2n) is 3.61. The molecule has 1 unspecified atom stereocenters. The second kappa shape index (κ2) is 6.00. The quantitative estimate of drug-likeness (QED) is 0.492. The standard InChI is InChI=1S/C10H14IN3O2/c1-7(12)4-5-13-9-3-2-8(11)6-10(9)14(15)16/h2-3,6-7,13H,4-5,12H2,1H3. The second-order valence-corrected chi connectivity index (χ2v) is 4.86. The molecular weight excluding hydrogens is 321 g/mol. The van der Waals surface area contributed by atoms with E-state index in [0.29, 0.717) is 12.2 Å². The van der Waals surface area contributed by atoms with Crippen LogP contribution in [0.5, 0.6) is 0 Å². The van der Waals surface area contributed by atoms with Gasteiger partial charge in [0.15, 0.2) is 0 Å². The molecule has 0 saturated heterocycles. The molecule has 0 aromatic heterocycles. The lowest BCUT2D eigenvalue weighted by Gasteiger charge is -2.08. The van der Waals surface area contributed by atoms with Crippen LogP contribution in [-0.4, -0.2) is 17.5 Å². The third-order valence-electron chi connectivity index (χ3n) is 2.07. The Labute approximate surface area is 108 Å². The molecule has 0 aliphatic rings. The summed E-state index contributed by atoms with van der Waals surface area (Å²) in [5.74, 6) is 0. The van der Waals surface area contributed by atoms with Gasteiger partial charge in [0.25, 0.3) is 5.69 Å². The summed E-state index contributed by atoms with van der Waals surface area (Å²) in [6.07, 6.45) is 0.781. The molecule has 1 aromatic rings. The first-order valence-corrected chi connectivity index (χ1v) is 6.02. The van der Waals surface area contributed by atoms with Crippen molar-refractivity contribution in [3.8, 4) is 0 Å². The lowest BCUT2D eigenvalue weighted by Crippen LogP contribution is -2.19. The molecule has 0 aliphatic heterocycles. The lowest BCUT2D eigenvalue weighted by atomic mass is 10.2. The Morgan fingerprint density at radius 3 is 2.88 bits per heavy atom. The number of rotatable bonds is 5. The van der Waals surface area contributed by atoms with Crippen molar-refractivity contribution in [2.75, 3.05) is 11.9 Å². The number of nitrogens with two attached hydrogens (primary N) is 1. The third kappa shape index (κ3) is 3.93. The van der Waals surface area contributed by atoms with Crippen molar-refractivity contribution in [1.82, 2.24) is 0 Å². The van der Waals surface area contributed by atoms with Crippen molar-refractivity contribution in [1.29, 1.82) is 0 Å². The van der Waals surface area contributed by atoms with Crippen LogP contribution in [0.2, 0.25) is 0 Å². The van der Waals surface area contributed by atoms with Gasteiger partial charge in [-0.2, -0.15) is 0 Å². The Balaban J connectivity index is 2.75. The summed E-state index contributed by atoms with van der Waals surface area (Å²) in [7, 11) is 0. The largest absolute Gasteiger partial charge is 0.379 e. The van der Waals surface area contributed by atoms with E-state index >= 15 is 0 Å². The van der Waals surface area contributed by atoms with Crippen molar-refractivity contribution in [2.24, 2.45) is 5.73 Å². The number of anilines is 1. The van der Waals surface area contributed by atoms with Crippen molar-refractivity contribution in [3.05, 3.63) is 31.9 Å². The topological polar surface area (TPSA) is 81.2 Å². The zero-order valence-corrected chi connectivity index (χ0v) is 11.1. The number of nitro groups is 1. The Bertz CT molecular complexity index is 382. The van der Waals surface area contributed by atoms with E-state index < -0.39 is 0 Å². The Morgan fingerprint density at radius 1 is 1.62 bits per heavy atom. The first kappa shape index (κ1) is 13.2. The predicted molar refractivity (Wildman–Crippen MR) is 72.6 cm³/mol. The number of hydrogen-bond acceptors (Lipinski definition) is 4. The molecule has 0 saturated carbocycles. The van der Waals surface area contributed by atoms with Crippen molar-refractivity contribution in [3.63, 3.8) is 0 Å². The van der Waals surface area contributed by atoms with Crippen LogP contribution in [-0.2, 0) is 0 Å². The molecule has 0 heterocycles. The van der Waals surface area contributed by atoms with Gasteiger partial charge in [-0.3, -0.25) is 10.1 Å². The van der Waals surface area contributed by atoms with Crippen LogP contribution in [0.4, 0.5) is 11.4 Å². The van der Waals surface area contributed by atoms with Gasteiger partial charge in [0.2, 0.25) is 0 Å². The average Bonchev–Trinajstić information content (AvgIpc) is 2.19. The van der Waals surface area contributed by atoms with E-state index in [1.165, 1.54) is 0 Å². The highest BCUT2D eigenvalue weighted by Gasteiger charge is 2.13. The number of halogens is 1. The molecule has 0 aliphatic carbocycles. The van der Waals surface area contributed by atoms with E-state index in [0.717, 1.165) is 9.99 Å².